The molecule has 13 heteroatoms. The van der Waals surface area contributed by atoms with E-state index < -0.39 is 12.0 Å². The Morgan fingerprint density at radius 2 is 1.73 bits per heavy atom. The standard InChI is InChI=1S/C32H44N6O7/c1-37(22-29-35-26-7-3-4-8-27(26)36-29)31(40)23-9-10-25-24(19-23)21-38(32(41)28(34-25)20-30(39)42-2)12-6-14-44-16-18-45-17-15-43-13-5-11-33/h3-4,7-10,19,28,34H,5-6,11-18,20-22,33H2,1-2H3,(H,35,36)/t28-/m1/s1. The van der Waals surface area contributed by atoms with Crippen molar-refractivity contribution in [2.45, 2.75) is 38.4 Å². The van der Waals surface area contributed by atoms with Gasteiger partial charge in [-0.1, -0.05) is 12.1 Å². The number of anilines is 1. The van der Waals surface area contributed by atoms with Gasteiger partial charge in [-0.05, 0) is 55.3 Å². The predicted octanol–water partition coefficient (Wildman–Crippen LogP) is 2.31. The summed E-state index contributed by atoms with van der Waals surface area (Å²) in [5.41, 5.74) is 9.15. The smallest absolute Gasteiger partial charge is 0.308 e. The molecule has 1 aliphatic rings. The van der Waals surface area contributed by atoms with E-state index in [4.69, 9.17) is 24.7 Å². The van der Waals surface area contributed by atoms with Gasteiger partial charge in [0.25, 0.3) is 5.91 Å². The summed E-state index contributed by atoms with van der Waals surface area (Å²) < 4.78 is 21.4. The number of H-pyrrole nitrogens is 1. The average molecular weight is 625 g/mol. The van der Waals surface area contributed by atoms with E-state index in [9.17, 15) is 14.4 Å². The lowest BCUT2D eigenvalue weighted by Crippen LogP contribution is -2.42. The first kappa shape index (κ1) is 33.8. The van der Waals surface area contributed by atoms with E-state index in [1.165, 1.54) is 7.11 Å². The Bertz CT molecular complexity index is 1380. The SMILES string of the molecule is COC(=O)C[C@H]1Nc2ccc(C(=O)N(C)Cc3nc4ccccc4[nH]3)cc2CN(CCCOCCOCCOCCCN)C1=O. The Labute approximate surface area is 263 Å². The van der Waals surface area contributed by atoms with Crippen LogP contribution in [0, 0.1) is 0 Å². The fraction of sp³-hybridized carbons (Fsp3) is 0.500. The number of amides is 2. The third-order valence-electron chi connectivity index (χ3n) is 7.38. The molecule has 0 radical (unpaired) electrons. The van der Waals surface area contributed by atoms with E-state index in [2.05, 4.69) is 15.3 Å². The van der Waals surface area contributed by atoms with Crippen LogP contribution in [-0.4, -0.2) is 110 Å². The predicted molar refractivity (Wildman–Crippen MR) is 169 cm³/mol. The van der Waals surface area contributed by atoms with Gasteiger partial charge in [0, 0.05) is 44.6 Å². The normalized spacial score (nSPS) is 14.6. The number of para-hydroxylation sites is 2. The highest BCUT2D eigenvalue weighted by Gasteiger charge is 2.31. The zero-order valence-corrected chi connectivity index (χ0v) is 26.1. The van der Waals surface area contributed by atoms with Crippen molar-refractivity contribution in [2.75, 3.05) is 72.2 Å². The van der Waals surface area contributed by atoms with E-state index in [0.717, 1.165) is 23.0 Å². The van der Waals surface area contributed by atoms with E-state index >= 15 is 0 Å². The number of rotatable bonds is 18. The lowest BCUT2D eigenvalue weighted by molar-refractivity contribution is -0.144. The third-order valence-corrected chi connectivity index (χ3v) is 7.38. The molecule has 0 spiro atoms. The molecule has 0 fully saturated rings. The number of aromatic nitrogens is 2. The monoisotopic (exact) mass is 624 g/mol. The van der Waals surface area contributed by atoms with Crippen molar-refractivity contribution in [1.82, 2.24) is 19.8 Å². The number of carbonyl (C=O) groups excluding carboxylic acids is 3. The number of hydrogen-bond donors (Lipinski definition) is 3. The number of fused-ring (bicyclic) bond motifs is 2. The molecule has 244 valence electrons. The van der Waals surface area contributed by atoms with Gasteiger partial charge in [0.05, 0.1) is 57.5 Å². The fourth-order valence-electron chi connectivity index (χ4n) is 5.01. The molecule has 4 N–H and O–H groups in total. The molecule has 2 amide bonds. The van der Waals surface area contributed by atoms with E-state index in [-0.39, 0.29) is 24.8 Å². The van der Waals surface area contributed by atoms with Crippen LogP contribution in [0.2, 0.25) is 0 Å². The van der Waals surface area contributed by atoms with Gasteiger partial charge in [-0.25, -0.2) is 4.98 Å². The molecular formula is C32H44N6O7. The molecule has 1 aliphatic heterocycles. The van der Waals surface area contributed by atoms with Crippen LogP contribution < -0.4 is 11.1 Å². The molecule has 1 aromatic heterocycles. The molecule has 0 bridgehead atoms. The van der Waals surface area contributed by atoms with Crippen LogP contribution in [0.3, 0.4) is 0 Å². The van der Waals surface area contributed by atoms with Crippen LogP contribution in [-0.2, 0) is 41.6 Å². The molecule has 3 aromatic rings. The topological polar surface area (TPSA) is 161 Å². The first-order valence-corrected chi connectivity index (χ1v) is 15.3. The first-order valence-electron chi connectivity index (χ1n) is 15.3. The van der Waals surface area contributed by atoms with Gasteiger partial charge >= 0.3 is 5.97 Å². The van der Waals surface area contributed by atoms with Gasteiger partial charge in [-0.15, -0.1) is 0 Å². The van der Waals surface area contributed by atoms with Gasteiger partial charge in [0.1, 0.15) is 11.9 Å². The van der Waals surface area contributed by atoms with E-state index in [1.54, 1.807) is 35.0 Å². The number of methoxy groups -OCH3 is 1. The highest BCUT2D eigenvalue weighted by molar-refractivity contribution is 5.96. The maximum absolute atomic E-state index is 13.5. The molecule has 1 atom stereocenters. The highest BCUT2D eigenvalue weighted by Crippen LogP contribution is 2.26. The minimum Gasteiger partial charge on any atom is -0.469 e. The molecule has 0 saturated heterocycles. The van der Waals surface area contributed by atoms with Gasteiger partial charge in [0.15, 0.2) is 0 Å². The molecule has 4 rings (SSSR count). The zero-order valence-electron chi connectivity index (χ0n) is 26.1. The number of carbonyl (C=O) groups is 3. The van der Waals surface area contributed by atoms with Crippen molar-refractivity contribution in [3.8, 4) is 0 Å². The summed E-state index contributed by atoms with van der Waals surface area (Å²) in [5, 5.41) is 3.20. The van der Waals surface area contributed by atoms with Gasteiger partial charge < -0.3 is 44.8 Å². The van der Waals surface area contributed by atoms with Gasteiger partial charge in [-0.2, -0.15) is 0 Å². The maximum atomic E-state index is 13.5. The lowest BCUT2D eigenvalue weighted by atomic mass is 10.1. The molecule has 0 saturated carbocycles. The molecule has 2 heterocycles. The number of ether oxygens (including phenoxy) is 4. The number of imidazole rings is 1. The summed E-state index contributed by atoms with van der Waals surface area (Å²) in [7, 11) is 3.02. The fourth-order valence-corrected chi connectivity index (χ4v) is 5.01. The van der Waals surface area contributed by atoms with Crippen LogP contribution >= 0.6 is 0 Å². The zero-order chi connectivity index (χ0) is 32.0. The number of aromatic amines is 1. The number of esters is 1. The maximum Gasteiger partial charge on any atom is 0.308 e. The Morgan fingerprint density at radius 3 is 2.44 bits per heavy atom. The van der Waals surface area contributed by atoms with Gasteiger partial charge in [0.2, 0.25) is 5.91 Å². The Balaban J connectivity index is 1.34. The summed E-state index contributed by atoms with van der Waals surface area (Å²) in [6, 6.07) is 12.2. The number of nitrogens with two attached hydrogens (primary N) is 1. The second-order valence-corrected chi connectivity index (χ2v) is 10.8. The van der Waals surface area contributed by atoms with Crippen molar-refractivity contribution in [3.05, 3.63) is 59.4 Å². The van der Waals surface area contributed by atoms with Crippen molar-refractivity contribution >= 4 is 34.5 Å². The second-order valence-electron chi connectivity index (χ2n) is 10.8. The lowest BCUT2D eigenvalue weighted by Gasteiger charge is -2.24. The van der Waals surface area contributed by atoms with Crippen LogP contribution in [0.25, 0.3) is 11.0 Å². The van der Waals surface area contributed by atoms with Crippen LogP contribution in [0.4, 0.5) is 5.69 Å². The number of nitrogens with zero attached hydrogens (tertiary/aromatic N) is 3. The molecule has 45 heavy (non-hydrogen) atoms. The quantitative estimate of drug-likeness (QED) is 0.142. The Kier molecular flexibility index (Phi) is 13.1. The Hall–Kier alpha value is -4.04. The Morgan fingerprint density at radius 1 is 1.02 bits per heavy atom. The summed E-state index contributed by atoms with van der Waals surface area (Å²) >= 11 is 0. The second kappa shape index (κ2) is 17.4. The van der Waals surface area contributed by atoms with Crippen LogP contribution in [0.1, 0.15) is 41.0 Å². The molecule has 0 aliphatic carbocycles. The van der Waals surface area contributed by atoms with E-state index in [1.807, 2.05) is 24.3 Å². The minimum absolute atomic E-state index is 0.115. The number of benzene rings is 2. The molecule has 2 aromatic carbocycles. The molecular weight excluding hydrogens is 580 g/mol. The molecule has 13 nitrogen and oxygen atoms in total. The molecule has 0 unspecified atom stereocenters. The largest absolute Gasteiger partial charge is 0.469 e. The first-order chi connectivity index (χ1) is 21.9. The summed E-state index contributed by atoms with van der Waals surface area (Å²) in [6.07, 6.45) is 1.30. The number of hydrogen-bond acceptors (Lipinski definition) is 10. The van der Waals surface area contributed by atoms with Crippen molar-refractivity contribution in [2.24, 2.45) is 5.73 Å². The van der Waals surface area contributed by atoms with Crippen molar-refractivity contribution < 1.29 is 33.3 Å². The van der Waals surface area contributed by atoms with Crippen molar-refractivity contribution in [3.63, 3.8) is 0 Å². The van der Waals surface area contributed by atoms with Crippen molar-refractivity contribution in [1.29, 1.82) is 0 Å². The highest BCUT2D eigenvalue weighted by atomic mass is 16.5. The van der Waals surface area contributed by atoms with E-state index in [0.29, 0.717) is 82.8 Å². The van der Waals surface area contributed by atoms with Crippen LogP contribution in [0.15, 0.2) is 42.5 Å². The average Bonchev–Trinajstić information content (AvgIpc) is 3.40. The summed E-state index contributed by atoms with van der Waals surface area (Å²) in [4.78, 5) is 50.1. The summed E-state index contributed by atoms with van der Waals surface area (Å²) in [6.45, 7) is 4.56. The van der Waals surface area contributed by atoms with Gasteiger partial charge in [-0.3, -0.25) is 14.4 Å². The third kappa shape index (κ3) is 9.98. The minimum atomic E-state index is -0.794. The van der Waals surface area contributed by atoms with Crippen LogP contribution in [0.5, 0.6) is 0 Å². The summed E-state index contributed by atoms with van der Waals surface area (Å²) in [5.74, 6) is -0.197. The number of nitrogens with one attached hydrogen (secondary N) is 2.